The number of carbonyl (C=O) groups is 2. The molecule has 0 atom stereocenters. The summed E-state index contributed by atoms with van der Waals surface area (Å²) in [6.07, 6.45) is 0.0798. The van der Waals surface area contributed by atoms with Crippen LogP contribution in [0.5, 0.6) is 17.2 Å². The molecule has 1 aliphatic rings. The van der Waals surface area contributed by atoms with Crippen molar-refractivity contribution in [2.45, 2.75) is 13.3 Å². The Labute approximate surface area is 106 Å². The molecule has 0 bridgehead atoms. The second kappa shape index (κ2) is 3.91. The largest absolute Gasteiger partial charge is 0.507 e. The van der Waals surface area contributed by atoms with Gasteiger partial charge in [0.15, 0.2) is 11.5 Å². The summed E-state index contributed by atoms with van der Waals surface area (Å²) >= 11 is 0. The van der Waals surface area contributed by atoms with E-state index in [4.69, 9.17) is 0 Å². The number of rotatable bonds is 1. The van der Waals surface area contributed by atoms with E-state index in [9.17, 15) is 35.1 Å². The van der Waals surface area contributed by atoms with Gasteiger partial charge in [0.1, 0.15) is 5.75 Å². The Kier molecular flexibility index (Phi) is 2.62. The van der Waals surface area contributed by atoms with Crippen LogP contribution in [-0.2, 0) is 6.42 Å². The first kappa shape index (κ1) is 12.7. The van der Waals surface area contributed by atoms with Gasteiger partial charge >= 0.3 is 0 Å². The summed E-state index contributed by atoms with van der Waals surface area (Å²) in [5, 5.41) is 47.8. The lowest BCUT2D eigenvalue weighted by Gasteiger charge is -2.19. The minimum atomic E-state index is -1.25. The summed E-state index contributed by atoms with van der Waals surface area (Å²) in [5.74, 6) is -7.26. The van der Waals surface area contributed by atoms with Crippen LogP contribution in [-0.4, -0.2) is 37.1 Å². The van der Waals surface area contributed by atoms with Crippen LogP contribution in [0.3, 0.4) is 0 Å². The molecule has 19 heavy (non-hydrogen) atoms. The van der Waals surface area contributed by atoms with Crippen LogP contribution in [0.25, 0.3) is 0 Å². The van der Waals surface area contributed by atoms with Gasteiger partial charge in [-0.15, -0.1) is 0 Å². The lowest BCUT2D eigenvalue weighted by atomic mass is 9.87. The highest BCUT2D eigenvalue weighted by Gasteiger charge is 2.39. The third-order valence-corrected chi connectivity index (χ3v) is 2.98. The Hall–Kier alpha value is -2.70. The smallest absolute Gasteiger partial charge is 0.236 e. The number of allylic oxidation sites excluding steroid dienone is 2. The fourth-order valence-electron chi connectivity index (χ4n) is 1.99. The molecular weight excluding hydrogens is 256 g/mol. The standard InChI is InChI=1S/C12H10O7/c1-2-3-6(13)4-5(8(15)7(3)14)10(17)12(19)11(18)9(4)16/h13-15,18-19H,2H2,1H3. The van der Waals surface area contributed by atoms with Crippen LogP contribution in [0.4, 0.5) is 0 Å². The fraction of sp³-hybridized carbons (Fsp3) is 0.167. The molecule has 1 aliphatic carbocycles. The van der Waals surface area contributed by atoms with Gasteiger partial charge in [0.05, 0.1) is 11.1 Å². The van der Waals surface area contributed by atoms with Gasteiger partial charge in [-0.1, -0.05) is 6.92 Å². The number of carbonyl (C=O) groups excluding carboxylic acids is 2. The topological polar surface area (TPSA) is 135 Å². The predicted molar refractivity (Wildman–Crippen MR) is 61.8 cm³/mol. The van der Waals surface area contributed by atoms with Crippen LogP contribution in [0.15, 0.2) is 11.5 Å². The number of phenols is 3. The van der Waals surface area contributed by atoms with E-state index in [0.717, 1.165) is 0 Å². The van der Waals surface area contributed by atoms with Gasteiger partial charge < -0.3 is 25.5 Å². The molecule has 1 aromatic carbocycles. The Bertz CT molecular complexity index is 655. The predicted octanol–water partition coefficient (Wildman–Crippen LogP) is 1.07. The van der Waals surface area contributed by atoms with Gasteiger partial charge in [-0.25, -0.2) is 0 Å². The molecule has 0 aromatic heterocycles. The number of aliphatic hydroxyl groups is 2. The Morgan fingerprint density at radius 2 is 1.16 bits per heavy atom. The third-order valence-electron chi connectivity index (χ3n) is 2.98. The summed E-state index contributed by atoms with van der Waals surface area (Å²) in [5.41, 5.74) is -1.49. The lowest BCUT2D eigenvalue weighted by Crippen LogP contribution is -2.22. The summed E-state index contributed by atoms with van der Waals surface area (Å²) < 4.78 is 0. The number of hydrogen-bond donors (Lipinski definition) is 5. The average molecular weight is 266 g/mol. The molecule has 7 nitrogen and oxygen atoms in total. The molecule has 0 unspecified atom stereocenters. The Morgan fingerprint density at radius 3 is 1.58 bits per heavy atom. The molecule has 0 aliphatic heterocycles. The molecular formula is C12H10O7. The highest BCUT2D eigenvalue weighted by Crippen LogP contribution is 2.45. The Morgan fingerprint density at radius 1 is 0.737 bits per heavy atom. The first-order valence-electron chi connectivity index (χ1n) is 5.34. The molecule has 0 heterocycles. The molecule has 0 amide bonds. The minimum absolute atomic E-state index is 0.0798. The monoisotopic (exact) mass is 266 g/mol. The van der Waals surface area contributed by atoms with Crippen molar-refractivity contribution in [2.75, 3.05) is 0 Å². The first-order chi connectivity index (χ1) is 8.82. The van der Waals surface area contributed by atoms with Gasteiger partial charge in [0, 0.05) is 5.56 Å². The van der Waals surface area contributed by atoms with Crippen LogP contribution < -0.4 is 0 Å². The van der Waals surface area contributed by atoms with E-state index >= 15 is 0 Å². The molecule has 0 radical (unpaired) electrons. The van der Waals surface area contributed by atoms with E-state index in [1.54, 1.807) is 6.92 Å². The van der Waals surface area contributed by atoms with Crippen LogP contribution in [0, 0.1) is 0 Å². The second-order valence-corrected chi connectivity index (χ2v) is 3.98. The van der Waals surface area contributed by atoms with E-state index in [-0.39, 0.29) is 12.0 Å². The van der Waals surface area contributed by atoms with Crippen molar-refractivity contribution in [3.63, 3.8) is 0 Å². The second-order valence-electron chi connectivity index (χ2n) is 3.98. The Balaban J connectivity index is 2.94. The first-order valence-corrected chi connectivity index (χ1v) is 5.34. The van der Waals surface area contributed by atoms with Crippen molar-refractivity contribution in [1.29, 1.82) is 0 Å². The van der Waals surface area contributed by atoms with Crippen LogP contribution in [0.2, 0.25) is 0 Å². The highest BCUT2D eigenvalue weighted by atomic mass is 16.3. The molecule has 7 heteroatoms. The molecule has 100 valence electrons. The summed E-state index contributed by atoms with van der Waals surface area (Å²) in [6.45, 7) is 1.54. The zero-order valence-corrected chi connectivity index (χ0v) is 9.76. The number of fused-ring (bicyclic) bond motifs is 1. The molecule has 0 spiro atoms. The maximum absolute atomic E-state index is 11.8. The van der Waals surface area contributed by atoms with E-state index < -0.39 is 51.5 Å². The van der Waals surface area contributed by atoms with Gasteiger partial charge in [-0.3, -0.25) is 9.59 Å². The lowest BCUT2D eigenvalue weighted by molar-refractivity contribution is 0.0875. The van der Waals surface area contributed by atoms with Crippen molar-refractivity contribution in [1.82, 2.24) is 0 Å². The fourth-order valence-corrected chi connectivity index (χ4v) is 1.99. The van der Waals surface area contributed by atoms with E-state index in [1.807, 2.05) is 0 Å². The van der Waals surface area contributed by atoms with Crippen molar-refractivity contribution in [2.24, 2.45) is 0 Å². The van der Waals surface area contributed by atoms with E-state index in [1.165, 1.54) is 0 Å². The van der Waals surface area contributed by atoms with Crippen molar-refractivity contribution in [3.8, 4) is 17.2 Å². The van der Waals surface area contributed by atoms with Gasteiger partial charge in [-0.2, -0.15) is 0 Å². The average Bonchev–Trinajstić information content (AvgIpc) is 2.38. The van der Waals surface area contributed by atoms with Gasteiger partial charge in [0.25, 0.3) is 0 Å². The third kappa shape index (κ3) is 1.44. The zero-order chi connectivity index (χ0) is 14.5. The number of hydrogen-bond acceptors (Lipinski definition) is 7. The number of Topliss-reactive ketones (excluding diaryl/α,β-unsaturated/α-hetero) is 2. The number of benzene rings is 1. The zero-order valence-electron chi connectivity index (χ0n) is 9.76. The van der Waals surface area contributed by atoms with Crippen molar-refractivity contribution in [3.05, 3.63) is 28.2 Å². The molecule has 0 saturated heterocycles. The maximum Gasteiger partial charge on any atom is 0.236 e. The summed E-state index contributed by atoms with van der Waals surface area (Å²) in [6, 6.07) is 0. The number of phenolic OH excluding ortho intramolecular Hbond substituents is 3. The molecule has 1 aromatic rings. The molecule has 2 rings (SSSR count). The highest BCUT2D eigenvalue weighted by molar-refractivity contribution is 6.27. The molecule has 5 N–H and O–H groups in total. The van der Waals surface area contributed by atoms with Crippen LogP contribution in [0.1, 0.15) is 33.2 Å². The normalized spacial score (nSPS) is 14.8. The quantitative estimate of drug-likeness (QED) is 0.379. The summed E-state index contributed by atoms with van der Waals surface area (Å²) in [4.78, 5) is 23.4. The molecule has 0 fully saturated rings. The van der Waals surface area contributed by atoms with Crippen molar-refractivity contribution < 1.29 is 35.1 Å². The molecule has 0 saturated carbocycles. The van der Waals surface area contributed by atoms with E-state index in [2.05, 4.69) is 0 Å². The van der Waals surface area contributed by atoms with Crippen molar-refractivity contribution >= 4 is 11.6 Å². The summed E-state index contributed by atoms with van der Waals surface area (Å²) in [7, 11) is 0. The van der Waals surface area contributed by atoms with Crippen LogP contribution >= 0.6 is 0 Å². The number of aromatic hydroxyl groups is 3. The van der Waals surface area contributed by atoms with Gasteiger partial charge in [0.2, 0.25) is 23.1 Å². The minimum Gasteiger partial charge on any atom is -0.507 e. The number of ketones is 2. The number of aliphatic hydroxyl groups excluding tert-OH is 2. The van der Waals surface area contributed by atoms with Gasteiger partial charge in [-0.05, 0) is 6.42 Å². The van der Waals surface area contributed by atoms with E-state index in [0.29, 0.717) is 0 Å². The SMILES string of the molecule is CCc1c(O)c(O)c2c(c1O)C(=O)C(O)=C(O)C2=O. The maximum atomic E-state index is 11.8.